The maximum Gasteiger partial charge on any atom is 0.336 e. The molecule has 8 nitrogen and oxygen atoms in total. The molecule has 0 bridgehead atoms. The Morgan fingerprint density at radius 1 is 0.930 bits per heavy atom. The van der Waals surface area contributed by atoms with Crippen LogP contribution in [0.3, 0.4) is 0 Å². The van der Waals surface area contributed by atoms with Crippen LogP contribution in [0.4, 0.5) is 8.78 Å². The molecule has 216 valence electrons. The summed E-state index contributed by atoms with van der Waals surface area (Å²) >= 11 is 0. The third-order valence-electron chi connectivity index (χ3n) is 7.15. The molecule has 0 aliphatic heterocycles. The zero-order valence-electron chi connectivity index (χ0n) is 23.3. The third-order valence-corrected chi connectivity index (χ3v) is 7.15. The molecule has 0 fully saturated rings. The number of carboxylic acids is 1. The first-order valence-electron chi connectivity index (χ1n) is 13.4. The molecular formula is C33H26F2N4O4. The summed E-state index contributed by atoms with van der Waals surface area (Å²) in [6, 6.07) is 22.4. The van der Waals surface area contributed by atoms with E-state index in [9.17, 15) is 9.90 Å². The van der Waals surface area contributed by atoms with Crippen LogP contribution in [0.1, 0.15) is 15.9 Å². The van der Waals surface area contributed by atoms with Gasteiger partial charge in [-0.15, -0.1) is 0 Å². The predicted molar refractivity (Wildman–Crippen MR) is 158 cm³/mol. The fraction of sp³-hybridized carbons (Fsp3) is 0.121. The van der Waals surface area contributed by atoms with Crippen molar-refractivity contribution in [2.24, 2.45) is 0 Å². The highest BCUT2D eigenvalue weighted by molar-refractivity contribution is 5.90. The lowest BCUT2D eigenvalue weighted by Gasteiger charge is -2.08. The number of aryl methyl sites for hydroxylation is 1. The highest BCUT2D eigenvalue weighted by Gasteiger charge is 2.20. The number of aromatic nitrogens is 4. The second-order valence-electron chi connectivity index (χ2n) is 9.98. The Bertz CT molecular complexity index is 1950. The molecule has 2 aromatic heterocycles. The number of ether oxygens (including phenoxy) is 2. The number of aromatic carboxylic acids is 1. The standard InChI is InChI=1S/C33H26F2N4O4/c1-19-3-12-24(17-25(19)32(40)41)43-33-36-28-18-26(34)29(30(35)31(28)37-33)23-10-6-21(7-11-23)20-4-8-22(9-5-20)27-13-14-39(38-27)15-16-42-2/h3-14,17-18H,15-16H2,1-2H3,(H,36,37)(H,40,41). The van der Waals surface area contributed by atoms with Gasteiger partial charge in [-0.1, -0.05) is 54.6 Å². The number of carbonyl (C=O) groups is 1. The van der Waals surface area contributed by atoms with Crippen LogP contribution in [0.15, 0.2) is 85.1 Å². The quantitative estimate of drug-likeness (QED) is 0.184. The highest BCUT2D eigenvalue weighted by atomic mass is 19.1. The summed E-state index contributed by atoms with van der Waals surface area (Å²) in [5.41, 5.74) is 4.45. The van der Waals surface area contributed by atoms with Crippen LogP contribution in [0.2, 0.25) is 0 Å². The minimum absolute atomic E-state index is 0.0675. The number of hydrogen-bond acceptors (Lipinski definition) is 5. The molecule has 0 saturated heterocycles. The van der Waals surface area contributed by atoms with E-state index in [0.29, 0.717) is 24.3 Å². The number of H-pyrrole nitrogens is 1. The van der Waals surface area contributed by atoms with Gasteiger partial charge in [0.05, 0.1) is 35.5 Å². The maximum absolute atomic E-state index is 15.6. The van der Waals surface area contributed by atoms with Crippen LogP contribution < -0.4 is 4.74 Å². The Morgan fingerprint density at radius 3 is 2.28 bits per heavy atom. The van der Waals surface area contributed by atoms with Crippen molar-refractivity contribution in [2.75, 3.05) is 13.7 Å². The van der Waals surface area contributed by atoms with E-state index in [2.05, 4.69) is 15.1 Å². The van der Waals surface area contributed by atoms with Gasteiger partial charge in [-0.2, -0.15) is 10.1 Å². The molecule has 0 radical (unpaired) electrons. The van der Waals surface area contributed by atoms with E-state index >= 15 is 8.78 Å². The minimum atomic E-state index is -1.10. The number of halogens is 2. The number of rotatable bonds is 9. The summed E-state index contributed by atoms with van der Waals surface area (Å²) in [6.07, 6.45) is 1.91. The van der Waals surface area contributed by atoms with E-state index in [-0.39, 0.29) is 33.9 Å². The Kier molecular flexibility index (Phi) is 7.43. The fourth-order valence-electron chi connectivity index (χ4n) is 4.87. The van der Waals surface area contributed by atoms with Gasteiger partial charge in [0.1, 0.15) is 17.1 Å². The fourth-order valence-corrected chi connectivity index (χ4v) is 4.87. The number of benzene rings is 4. The molecule has 0 aliphatic carbocycles. The lowest BCUT2D eigenvalue weighted by molar-refractivity contribution is 0.0695. The number of methoxy groups -OCH3 is 1. The first-order chi connectivity index (χ1) is 20.8. The monoisotopic (exact) mass is 580 g/mol. The van der Waals surface area contributed by atoms with E-state index in [1.54, 1.807) is 38.3 Å². The number of carboxylic acid groups (broad SMARTS) is 1. The van der Waals surface area contributed by atoms with Gasteiger partial charge in [0, 0.05) is 24.9 Å². The van der Waals surface area contributed by atoms with Crippen LogP contribution in [-0.4, -0.2) is 44.5 Å². The number of aromatic amines is 1. The lowest BCUT2D eigenvalue weighted by atomic mass is 9.98. The average molecular weight is 581 g/mol. The second kappa shape index (κ2) is 11.5. The normalized spacial score (nSPS) is 11.3. The highest BCUT2D eigenvalue weighted by Crippen LogP contribution is 2.34. The largest absolute Gasteiger partial charge is 0.478 e. The van der Waals surface area contributed by atoms with E-state index in [1.165, 1.54) is 6.07 Å². The van der Waals surface area contributed by atoms with Crippen LogP contribution in [0.25, 0.3) is 44.5 Å². The van der Waals surface area contributed by atoms with Crippen molar-refractivity contribution in [1.29, 1.82) is 0 Å². The van der Waals surface area contributed by atoms with Crippen LogP contribution in [0, 0.1) is 18.6 Å². The molecule has 43 heavy (non-hydrogen) atoms. The molecule has 0 atom stereocenters. The molecule has 0 unspecified atom stereocenters. The number of nitrogens with one attached hydrogen (secondary N) is 1. The molecule has 0 saturated carbocycles. The van der Waals surface area contributed by atoms with E-state index in [1.807, 2.05) is 53.3 Å². The van der Waals surface area contributed by atoms with Gasteiger partial charge in [0.2, 0.25) is 0 Å². The van der Waals surface area contributed by atoms with Gasteiger partial charge in [-0.25, -0.2) is 13.6 Å². The topological polar surface area (TPSA) is 102 Å². The summed E-state index contributed by atoms with van der Waals surface area (Å²) < 4.78 is 43.4. The smallest absolute Gasteiger partial charge is 0.336 e. The predicted octanol–water partition coefficient (Wildman–Crippen LogP) is 7.48. The zero-order chi connectivity index (χ0) is 30.1. The van der Waals surface area contributed by atoms with Gasteiger partial charge in [-0.05, 0) is 47.4 Å². The third kappa shape index (κ3) is 5.60. The number of fused-ring (bicyclic) bond motifs is 1. The molecule has 2 heterocycles. The molecule has 2 N–H and O–H groups in total. The Morgan fingerprint density at radius 2 is 1.60 bits per heavy atom. The molecule has 0 aliphatic rings. The number of nitrogens with zero attached hydrogens (tertiary/aromatic N) is 3. The summed E-state index contributed by atoms with van der Waals surface area (Å²) in [5, 5.41) is 13.9. The van der Waals surface area contributed by atoms with Gasteiger partial charge in [-0.3, -0.25) is 4.68 Å². The Labute approximate surface area is 245 Å². The SMILES string of the molecule is COCCn1ccc(-c2ccc(-c3ccc(-c4c(F)cc5[nH]c(Oc6ccc(C)c(C(=O)O)c6)nc5c4F)cc3)cc2)n1. The van der Waals surface area contributed by atoms with Gasteiger partial charge >= 0.3 is 5.97 Å². The summed E-state index contributed by atoms with van der Waals surface area (Å²) in [5.74, 6) is -2.50. The molecule has 6 rings (SSSR count). The van der Waals surface area contributed by atoms with Crippen molar-refractivity contribution in [3.63, 3.8) is 0 Å². The number of hydrogen-bond donors (Lipinski definition) is 2. The Hall–Kier alpha value is -5.35. The van der Waals surface area contributed by atoms with Crippen LogP contribution >= 0.6 is 0 Å². The molecule has 0 spiro atoms. The van der Waals surface area contributed by atoms with Gasteiger partial charge in [0.25, 0.3) is 6.01 Å². The van der Waals surface area contributed by atoms with Crippen molar-refractivity contribution >= 4 is 17.0 Å². The van der Waals surface area contributed by atoms with Crippen molar-refractivity contribution in [3.8, 4) is 45.3 Å². The number of imidazole rings is 1. The molecular weight excluding hydrogens is 554 g/mol. The van der Waals surface area contributed by atoms with Crippen LogP contribution in [0.5, 0.6) is 11.8 Å². The summed E-state index contributed by atoms with van der Waals surface area (Å²) in [4.78, 5) is 18.4. The van der Waals surface area contributed by atoms with Crippen molar-refractivity contribution in [2.45, 2.75) is 13.5 Å². The summed E-state index contributed by atoms with van der Waals surface area (Å²) in [7, 11) is 1.65. The maximum atomic E-state index is 15.6. The van der Waals surface area contributed by atoms with Crippen molar-refractivity contribution in [1.82, 2.24) is 19.7 Å². The average Bonchev–Trinajstić information content (AvgIpc) is 3.64. The first-order valence-corrected chi connectivity index (χ1v) is 13.4. The second-order valence-corrected chi connectivity index (χ2v) is 9.98. The van der Waals surface area contributed by atoms with E-state index in [4.69, 9.17) is 9.47 Å². The molecule has 6 aromatic rings. The van der Waals surface area contributed by atoms with E-state index in [0.717, 1.165) is 28.5 Å². The van der Waals surface area contributed by atoms with Gasteiger partial charge < -0.3 is 19.6 Å². The Balaban J connectivity index is 1.23. The van der Waals surface area contributed by atoms with E-state index < -0.39 is 17.6 Å². The molecule has 10 heteroatoms. The summed E-state index contributed by atoms with van der Waals surface area (Å²) in [6.45, 7) is 2.92. The lowest BCUT2D eigenvalue weighted by Crippen LogP contribution is -2.04. The van der Waals surface area contributed by atoms with Crippen molar-refractivity contribution < 1.29 is 28.2 Å². The molecule has 0 amide bonds. The minimum Gasteiger partial charge on any atom is -0.478 e. The first kappa shape index (κ1) is 27.8. The van der Waals surface area contributed by atoms with Crippen LogP contribution in [-0.2, 0) is 11.3 Å². The van der Waals surface area contributed by atoms with Gasteiger partial charge in [0.15, 0.2) is 5.82 Å². The molecule has 4 aromatic carbocycles. The zero-order valence-corrected chi connectivity index (χ0v) is 23.3. The van der Waals surface area contributed by atoms with Crippen molar-refractivity contribution in [3.05, 3.63) is 108 Å².